The predicted molar refractivity (Wildman–Crippen MR) is 82.3 cm³/mol. The molecule has 1 aromatic rings. The van der Waals surface area contributed by atoms with Crippen LogP contribution in [0.2, 0.25) is 0 Å². The molecule has 0 unspecified atom stereocenters. The van der Waals surface area contributed by atoms with Gasteiger partial charge in [-0.3, -0.25) is 0 Å². The summed E-state index contributed by atoms with van der Waals surface area (Å²) in [4.78, 5) is 0. The van der Waals surface area contributed by atoms with Crippen LogP contribution < -0.4 is 21.9 Å². The Labute approximate surface area is 138 Å². The summed E-state index contributed by atoms with van der Waals surface area (Å²) >= 11 is 6.03. The summed E-state index contributed by atoms with van der Waals surface area (Å²) in [5.74, 6) is 1.53. The SMILES string of the molecule is COc1ccc(C/[N+](=C/Cl)C2CCCCC2)cc1OC.[Cl-]. The average molecular weight is 332 g/mol. The van der Waals surface area contributed by atoms with Gasteiger partial charge in [0.05, 0.1) is 14.2 Å². The number of hydrogen-bond donors (Lipinski definition) is 0. The summed E-state index contributed by atoms with van der Waals surface area (Å²) in [6, 6.07) is 6.60. The predicted octanol–water partition coefficient (Wildman–Crippen LogP) is 0.820. The van der Waals surface area contributed by atoms with Crippen molar-refractivity contribution in [3.05, 3.63) is 23.8 Å². The molecular formula is C16H23Cl2NO2. The van der Waals surface area contributed by atoms with Crippen LogP contribution in [0.5, 0.6) is 11.5 Å². The number of hydrogen-bond acceptors (Lipinski definition) is 2. The quantitative estimate of drug-likeness (QED) is 0.588. The van der Waals surface area contributed by atoms with Crippen LogP contribution in [0, 0.1) is 0 Å². The van der Waals surface area contributed by atoms with Gasteiger partial charge in [-0.1, -0.05) is 6.42 Å². The maximum atomic E-state index is 6.03. The Balaban J connectivity index is 0.00000220. The summed E-state index contributed by atoms with van der Waals surface area (Å²) in [5, 5.41) is 0. The second-order valence-corrected chi connectivity index (χ2v) is 5.45. The molecule has 0 bridgehead atoms. The molecule has 0 heterocycles. The zero-order valence-corrected chi connectivity index (χ0v) is 14.2. The first-order chi connectivity index (χ1) is 9.78. The van der Waals surface area contributed by atoms with Gasteiger partial charge in [0.1, 0.15) is 0 Å². The number of nitrogens with zero attached hydrogens (tertiary/aromatic N) is 1. The van der Waals surface area contributed by atoms with Gasteiger partial charge in [-0.2, -0.15) is 0 Å². The molecule has 0 amide bonds. The van der Waals surface area contributed by atoms with Gasteiger partial charge in [-0.25, -0.2) is 4.58 Å². The zero-order chi connectivity index (χ0) is 14.4. The molecule has 1 aromatic carbocycles. The van der Waals surface area contributed by atoms with Crippen LogP contribution in [0.3, 0.4) is 0 Å². The minimum atomic E-state index is 0. The molecule has 0 N–H and O–H groups in total. The van der Waals surface area contributed by atoms with Crippen molar-refractivity contribution in [3.63, 3.8) is 0 Å². The van der Waals surface area contributed by atoms with E-state index >= 15 is 0 Å². The van der Waals surface area contributed by atoms with Gasteiger partial charge in [0.25, 0.3) is 0 Å². The van der Waals surface area contributed by atoms with Crippen LogP contribution in [-0.2, 0) is 6.54 Å². The fraction of sp³-hybridized carbons (Fsp3) is 0.562. The smallest absolute Gasteiger partial charge is 0.233 e. The monoisotopic (exact) mass is 331 g/mol. The molecule has 0 saturated heterocycles. The number of methoxy groups -OCH3 is 2. The van der Waals surface area contributed by atoms with Gasteiger partial charge in [0.15, 0.2) is 24.1 Å². The number of halogens is 2. The molecule has 3 nitrogen and oxygen atoms in total. The number of ether oxygens (including phenoxy) is 2. The summed E-state index contributed by atoms with van der Waals surface area (Å²) in [6.45, 7) is 0.814. The Hall–Kier alpha value is -0.930. The summed E-state index contributed by atoms with van der Waals surface area (Å²) < 4.78 is 12.9. The average Bonchev–Trinajstić information content (AvgIpc) is 2.53. The molecule has 1 fully saturated rings. The van der Waals surface area contributed by atoms with E-state index in [1.54, 1.807) is 19.9 Å². The first-order valence-corrected chi connectivity index (χ1v) is 7.62. The maximum Gasteiger partial charge on any atom is 0.233 e. The van der Waals surface area contributed by atoms with E-state index in [9.17, 15) is 0 Å². The fourth-order valence-corrected chi connectivity index (χ4v) is 3.07. The zero-order valence-electron chi connectivity index (χ0n) is 12.6. The number of rotatable bonds is 5. The highest BCUT2D eigenvalue weighted by molar-refractivity contribution is 6.54. The second kappa shape index (κ2) is 9.16. The molecule has 2 rings (SSSR count). The third-order valence-electron chi connectivity index (χ3n) is 3.98. The lowest BCUT2D eigenvalue weighted by atomic mass is 9.95. The van der Waals surface area contributed by atoms with Crippen molar-refractivity contribution in [3.8, 4) is 11.5 Å². The van der Waals surface area contributed by atoms with E-state index in [-0.39, 0.29) is 12.4 Å². The van der Waals surface area contributed by atoms with Crippen LogP contribution >= 0.6 is 11.6 Å². The molecule has 5 heteroatoms. The lowest BCUT2D eigenvalue weighted by molar-refractivity contribution is -0.579. The molecule has 1 aliphatic carbocycles. The summed E-state index contributed by atoms with van der Waals surface area (Å²) in [6.07, 6.45) is 6.42. The van der Waals surface area contributed by atoms with E-state index in [4.69, 9.17) is 21.1 Å². The van der Waals surface area contributed by atoms with Crippen molar-refractivity contribution in [2.75, 3.05) is 14.2 Å². The van der Waals surface area contributed by atoms with Crippen LogP contribution in [0.4, 0.5) is 0 Å². The molecule has 0 aliphatic heterocycles. The standard InChI is InChI=1S/C16H23ClNO2.ClH/c1-19-15-9-8-13(10-16(15)20-2)11-18(12-17)14-6-4-3-5-7-14;/h8-10,12,14H,3-7,11H2,1-2H3;1H/q+1;/p-1/b18-12-;. The highest BCUT2D eigenvalue weighted by Crippen LogP contribution is 2.28. The molecule has 1 saturated carbocycles. The van der Waals surface area contributed by atoms with Gasteiger partial charge in [-0.15, -0.1) is 0 Å². The Morgan fingerprint density at radius 3 is 2.38 bits per heavy atom. The third-order valence-corrected chi connectivity index (χ3v) is 4.23. The summed E-state index contributed by atoms with van der Waals surface area (Å²) in [5.41, 5.74) is 2.89. The van der Waals surface area contributed by atoms with Crippen molar-refractivity contribution < 1.29 is 26.5 Å². The first-order valence-electron chi connectivity index (χ1n) is 7.18. The molecule has 0 spiro atoms. The van der Waals surface area contributed by atoms with E-state index in [2.05, 4.69) is 10.6 Å². The molecular weight excluding hydrogens is 309 g/mol. The van der Waals surface area contributed by atoms with Crippen LogP contribution in [0.25, 0.3) is 0 Å². The second-order valence-electron chi connectivity index (χ2n) is 5.25. The molecule has 0 aromatic heterocycles. The van der Waals surface area contributed by atoms with Gasteiger partial charge in [0, 0.05) is 18.4 Å². The van der Waals surface area contributed by atoms with Crippen molar-refractivity contribution in [2.45, 2.75) is 44.7 Å². The molecule has 0 radical (unpaired) electrons. The van der Waals surface area contributed by atoms with E-state index in [1.807, 2.05) is 12.1 Å². The van der Waals surface area contributed by atoms with Crippen molar-refractivity contribution >= 4 is 17.3 Å². The van der Waals surface area contributed by atoms with Crippen LogP contribution in [0.15, 0.2) is 18.2 Å². The minimum absolute atomic E-state index is 0. The lowest BCUT2D eigenvalue weighted by Gasteiger charge is -2.20. The van der Waals surface area contributed by atoms with E-state index in [1.165, 1.54) is 37.7 Å². The topological polar surface area (TPSA) is 21.5 Å². The van der Waals surface area contributed by atoms with Gasteiger partial charge < -0.3 is 21.9 Å². The maximum absolute atomic E-state index is 6.03. The van der Waals surface area contributed by atoms with Gasteiger partial charge in [0.2, 0.25) is 5.67 Å². The largest absolute Gasteiger partial charge is 1.00 e. The molecule has 0 atom stereocenters. The minimum Gasteiger partial charge on any atom is -1.00 e. The lowest BCUT2D eigenvalue weighted by Crippen LogP contribution is -3.00. The van der Waals surface area contributed by atoms with E-state index in [0.29, 0.717) is 6.04 Å². The molecule has 1 aliphatic rings. The van der Waals surface area contributed by atoms with Crippen molar-refractivity contribution in [1.82, 2.24) is 0 Å². The number of benzene rings is 1. The first kappa shape index (κ1) is 18.1. The van der Waals surface area contributed by atoms with Gasteiger partial charge >= 0.3 is 0 Å². The Kier molecular flexibility index (Phi) is 7.91. The Morgan fingerprint density at radius 1 is 1.14 bits per heavy atom. The summed E-state index contributed by atoms with van der Waals surface area (Å²) in [7, 11) is 3.31. The van der Waals surface area contributed by atoms with E-state index < -0.39 is 0 Å². The van der Waals surface area contributed by atoms with Crippen LogP contribution in [0.1, 0.15) is 37.7 Å². The van der Waals surface area contributed by atoms with Crippen molar-refractivity contribution in [2.24, 2.45) is 0 Å². The fourth-order valence-electron chi connectivity index (χ4n) is 2.85. The normalized spacial score (nSPS) is 16.2. The van der Waals surface area contributed by atoms with Crippen molar-refractivity contribution in [1.29, 1.82) is 0 Å². The Bertz CT molecular complexity index is 471. The van der Waals surface area contributed by atoms with Gasteiger partial charge in [-0.05, 0) is 42.6 Å². The third kappa shape index (κ3) is 4.79. The molecule has 21 heavy (non-hydrogen) atoms. The Morgan fingerprint density at radius 2 is 1.81 bits per heavy atom. The highest BCUT2D eigenvalue weighted by Gasteiger charge is 2.23. The van der Waals surface area contributed by atoms with E-state index in [0.717, 1.165) is 18.0 Å². The highest BCUT2D eigenvalue weighted by atomic mass is 35.5. The van der Waals surface area contributed by atoms with Crippen LogP contribution in [-0.4, -0.2) is 30.5 Å². The molecule has 118 valence electrons.